The summed E-state index contributed by atoms with van der Waals surface area (Å²) in [4.78, 5) is 22.9. The Morgan fingerprint density at radius 1 is 1.14 bits per heavy atom. The lowest BCUT2D eigenvalue weighted by atomic mass is 10.2. The third-order valence-corrected chi connectivity index (χ3v) is 6.02. The van der Waals surface area contributed by atoms with E-state index in [0.29, 0.717) is 13.0 Å². The number of benzene rings is 1. The number of piperazine rings is 1. The maximum Gasteiger partial charge on any atom is 0.224 e. The van der Waals surface area contributed by atoms with Crippen LogP contribution in [-0.2, 0) is 17.9 Å². The van der Waals surface area contributed by atoms with Gasteiger partial charge in [0, 0.05) is 48.9 Å². The van der Waals surface area contributed by atoms with Gasteiger partial charge in [-0.2, -0.15) is 5.10 Å². The van der Waals surface area contributed by atoms with E-state index in [1.54, 1.807) is 34.5 Å². The molecule has 0 unspecified atom stereocenters. The quantitative estimate of drug-likeness (QED) is 0.640. The number of halogens is 1. The Hall–Kier alpha value is -2.58. The summed E-state index contributed by atoms with van der Waals surface area (Å²) in [6.07, 6.45) is 3.56. The van der Waals surface area contributed by atoms with Crippen molar-refractivity contribution >= 4 is 17.2 Å². The maximum atomic E-state index is 13.4. The smallest absolute Gasteiger partial charge is 0.224 e. The van der Waals surface area contributed by atoms with Crippen molar-refractivity contribution in [3.63, 3.8) is 0 Å². The van der Waals surface area contributed by atoms with E-state index in [-0.39, 0.29) is 11.7 Å². The van der Waals surface area contributed by atoms with E-state index in [4.69, 9.17) is 0 Å². The van der Waals surface area contributed by atoms with Gasteiger partial charge in [0.2, 0.25) is 5.91 Å². The highest BCUT2D eigenvalue weighted by Gasteiger charge is 2.21. The Morgan fingerprint density at radius 3 is 2.75 bits per heavy atom. The molecule has 1 aromatic carbocycles. The molecule has 0 N–H and O–H groups in total. The van der Waals surface area contributed by atoms with Crippen molar-refractivity contribution in [1.29, 1.82) is 0 Å². The second-order valence-corrected chi connectivity index (χ2v) is 8.01. The summed E-state index contributed by atoms with van der Waals surface area (Å²) >= 11 is 1.70. The zero-order chi connectivity index (χ0) is 19.3. The number of aryl methyl sites for hydroxylation is 1. The van der Waals surface area contributed by atoms with Gasteiger partial charge in [-0.15, -0.1) is 11.3 Å². The second kappa shape index (κ2) is 8.62. The van der Waals surface area contributed by atoms with Crippen LogP contribution in [0.3, 0.4) is 0 Å². The van der Waals surface area contributed by atoms with Crippen LogP contribution in [0.25, 0.3) is 10.4 Å². The highest BCUT2D eigenvalue weighted by molar-refractivity contribution is 7.15. The van der Waals surface area contributed by atoms with Crippen molar-refractivity contribution in [2.45, 2.75) is 19.5 Å². The molecule has 3 heterocycles. The Kier molecular flexibility index (Phi) is 5.78. The van der Waals surface area contributed by atoms with E-state index in [1.807, 2.05) is 11.0 Å². The number of rotatable bonds is 6. The highest BCUT2D eigenvalue weighted by Crippen LogP contribution is 2.29. The summed E-state index contributed by atoms with van der Waals surface area (Å²) in [5, 5.41) is 4.03. The number of carbonyl (C=O) groups excluding carboxylic acids is 1. The number of hydrogen-bond donors (Lipinski definition) is 0. The number of hydrogen-bond acceptors (Lipinski definition) is 5. The zero-order valence-electron chi connectivity index (χ0n) is 15.5. The molecule has 28 heavy (non-hydrogen) atoms. The Labute approximate surface area is 167 Å². The van der Waals surface area contributed by atoms with E-state index in [2.05, 4.69) is 27.1 Å². The van der Waals surface area contributed by atoms with Crippen molar-refractivity contribution in [1.82, 2.24) is 24.6 Å². The fourth-order valence-electron chi connectivity index (χ4n) is 3.35. The monoisotopic (exact) mass is 399 g/mol. The van der Waals surface area contributed by atoms with Crippen LogP contribution in [0.2, 0.25) is 0 Å². The van der Waals surface area contributed by atoms with Crippen molar-refractivity contribution < 1.29 is 9.18 Å². The summed E-state index contributed by atoms with van der Waals surface area (Å²) in [7, 11) is 0. The Bertz CT molecular complexity index is 918. The van der Waals surface area contributed by atoms with Gasteiger partial charge in [-0.25, -0.2) is 9.37 Å². The van der Waals surface area contributed by atoms with Crippen molar-refractivity contribution in [2.75, 3.05) is 26.2 Å². The summed E-state index contributed by atoms with van der Waals surface area (Å²) in [6.45, 7) is 4.65. The van der Waals surface area contributed by atoms with Crippen LogP contribution in [0.1, 0.15) is 11.3 Å². The molecule has 0 atom stereocenters. The first-order chi connectivity index (χ1) is 13.7. The summed E-state index contributed by atoms with van der Waals surface area (Å²) in [6, 6.07) is 10.9. The van der Waals surface area contributed by atoms with Gasteiger partial charge in [0.25, 0.3) is 0 Å². The van der Waals surface area contributed by atoms with Gasteiger partial charge in [0.15, 0.2) is 0 Å². The zero-order valence-corrected chi connectivity index (χ0v) is 16.3. The van der Waals surface area contributed by atoms with E-state index in [0.717, 1.165) is 43.2 Å². The molecule has 1 amide bonds. The minimum Gasteiger partial charge on any atom is -0.340 e. The molecule has 0 radical (unpaired) electrons. The van der Waals surface area contributed by atoms with Crippen LogP contribution in [-0.4, -0.2) is 56.7 Å². The highest BCUT2D eigenvalue weighted by atomic mass is 32.1. The molecule has 8 heteroatoms. The minimum atomic E-state index is -0.211. The first-order valence-electron chi connectivity index (χ1n) is 9.34. The molecule has 0 saturated carbocycles. The maximum absolute atomic E-state index is 13.4. The van der Waals surface area contributed by atoms with Crippen molar-refractivity contribution in [3.05, 3.63) is 59.7 Å². The molecule has 3 aromatic rings. The largest absolute Gasteiger partial charge is 0.340 e. The number of amides is 1. The van der Waals surface area contributed by atoms with Crippen LogP contribution in [0.15, 0.2) is 49.1 Å². The first-order valence-corrected chi connectivity index (χ1v) is 10.2. The van der Waals surface area contributed by atoms with Gasteiger partial charge in [-0.1, -0.05) is 12.1 Å². The van der Waals surface area contributed by atoms with Crippen molar-refractivity contribution in [3.8, 4) is 10.4 Å². The number of thiophene rings is 1. The topological polar surface area (TPSA) is 54.3 Å². The number of nitrogens with zero attached hydrogens (tertiary/aromatic N) is 5. The normalized spacial score (nSPS) is 15.1. The lowest BCUT2D eigenvalue weighted by Gasteiger charge is -2.34. The summed E-state index contributed by atoms with van der Waals surface area (Å²) < 4.78 is 15.1. The molecule has 2 aromatic heterocycles. The number of aromatic nitrogens is 3. The van der Waals surface area contributed by atoms with Gasteiger partial charge in [0.1, 0.15) is 18.5 Å². The van der Waals surface area contributed by atoms with Crippen LogP contribution < -0.4 is 0 Å². The second-order valence-electron chi connectivity index (χ2n) is 6.84. The molecule has 0 aliphatic carbocycles. The predicted molar refractivity (Wildman–Crippen MR) is 106 cm³/mol. The Balaban J connectivity index is 1.26. The molecule has 1 aliphatic heterocycles. The molecule has 146 valence electrons. The third kappa shape index (κ3) is 4.63. The molecule has 4 rings (SSSR count). The fraction of sp³-hybridized carbons (Fsp3) is 0.350. The van der Waals surface area contributed by atoms with E-state index in [1.165, 1.54) is 17.3 Å². The lowest BCUT2D eigenvalue weighted by Crippen LogP contribution is -2.48. The van der Waals surface area contributed by atoms with Crippen molar-refractivity contribution in [2.24, 2.45) is 0 Å². The predicted octanol–water partition coefficient (Wildman–Crippen LogP) is 2.88. The standard InChI is InChI=1S/C20H22FN5OS/c21-17-3-1-2-16(12-17)19-5-4-18(28-19)13-24-8-10-25(11-9-24)20(27)6-7-26-15-22-14-23-26/h1-5,12,14-15H,6-11,13H2. The molecule has 0 bridgehead atoms. The van der Waals surface area contributed by atoms with E-state index < -0.39 is 0 Å². The van der Waals surface area contributed by atoms with Crippen LogP contribution in [0, 0.1) is 5.82 Å². The van der Waals surface area contributed by atoms with E-state index in [9.17, 15) is 9.18 Å². The molecule has 1 fully saturated rings. The van der Waals surface area contributed by atoms with Crippen LogP contribution >= 0.6 is 11.3 Å². The molecule has 0 spiro atoms. The SMILES string of the molecule is O=C(CCn1cncn1)N1CCN(Cc2ccc(-c3cccc(F)c3)s2)CC1. The molecule has 1 aliphatic rings. The molecule has 6 nitrogen and oxygen atoms in total. The fourth-order valence-corrected chi connectivity index (χ4v) is 4.40. The summed E-state index contributed by atoms with van der Waals surface area (Å²) in [5.74, 6) is -0.0447. The molecular formula is C20H22FN5OS. The van der Waals surface area contributed by atoms with Gasteiger partial charge in [-0.05, 0) is 29.8 Å². The molecule has 1 saturated heterocycles. The van der Waals surface area contributed by atoms with E-state index >= 15 is 0 Å². The van der Waals surface area contributed by atoms with Gasteiger partial charge < -0.3 is 4.90 Å². The van der Waals surface area contributed by atoms with Crippen LogP contribution in [0.4, 0.5) is 4.39 Å². The minimum absolute atomic E-state index is 0.166. The summed E-state index contributed by atoms with van der Waals surface area (Å²) in [5.41, 5.74) is 0.916. The van der Waals surface area contributed by atoms with Crippen LogP contribution in [0.5, 0.6) is 0 Å². The number of carbonyl (C=O) groups is 1. The van der Waals surface area contributed by atoms with Gasteiger partial charge in [-0.3, -0.25) is 14.4 Å². The molecular weight excluding hydrogens is 377 g/mol. The van der Waals surface area contributed by atoms with Gasteiger partial charge >= 0.3 is 0 Å². The third-order valence-electron chi connectivity index (χ3n) is 4.90. The lowest BCUT2D eigenvalue weighted by molar-refractivity contribution is -0.133. The van der Waals surface area contributed by atoms with Gasteiger partial charge in [0.05, 0.1) is 6.54 Å². The first kappa shape index (κ1) is 18.8. The average molecular weight is 399 g/mol. The average Bonchev–Trinajstić information content (AvgIpc) is 3.39. The Morgan fingerprint density at radius 2 is 2.00 bits per heavy atom.